The first kappa shape index (κ1) is 15.4. The van der Waals surface area contributed by atoms with E-state index in [0.29, 0.717) is 56.9 Å². The van der Waals surface area contributed by atoms with E-state index in [1.54, 1.807) is 11.1 Å². The van der Waals surface area contributed by atoms with Crippen molar-refractivity contribution in [1.29, 1.82) is 0 Å². The molecule has 0 atom stereocenters. The minimum Gasteiger partial charge on any atom is -0.486 e. The highest BCUT2D eigenvalue weighted by Crippen LogP contribution is 2.33. The lowest BCUT2D eigenvalue weighted by atomic mass is 10.2. The van der Waals surface area contributed by atoms with Crippen molar-refractivity contribution in [1.82, 2.24) is 20.1 Å². The van der Waals surface area contributed by atoms with E-state index < -0.39 is 0 Å². The molecule has 9 nitrogen and oxygen atoms in total. The molecular weight excluding hydrogens is 324 g/mol. The zero-order valence-electron chi connectivity index (χ0n) is 13.6. The number of benzene rings is 1. The van der Waals surface area contributed by atoms with Gasteiger partial charge in [-0.1, -0.05) is 0 Å². The number of amides is 1. The van der Waals surface area contributed by atoms with Gasteiger partial charge >= 0.3 is 0 Å². The highest BCUT2D eigenvalue weighted by Gasteiger charge is 2.18. The van der Waals surface area contributed by atoms with E-state index in [-0.39, 0.29) is 0 Å². The predicted octanol–water partition coefficient (Wildman–Crippen LogP) is 0.665. The summed E-state index contributed by atoms with van der Waals surface area (Å²) in [6, 6.07) is 5.64. The number of carbonyl (C=O) groups excluding carboxylic acids is 1. The summed E-state index contributed by atoms with van der Waals surface area (Å²) in [5.41, 5.74) is 0.835. The fourth-order valence-electron chi connectivity index (χ4n) is 2.78. The summed E-state index contributed by atoms with van der Waals surface area (Å²) in [4.78, 5) is 19.1. The number of hydrogen-bond acceptors (Lipinski definition) is 8. The summed E-state index contributed by atoms with van der Waals surface area (Å²) in [7, 11) is 0. The maximum Gasteiger partial charge on any atom is 0.247 e. The fourth-order valence-corrected chi connectivity index (χ4v) is 2.78. The number of rotatable bonds is 4. The quantitative estimate of drug-likeness (QED) is 0.810. The van der Waals surface area contributed by atoms with Gasteiger partial charge in [-0.15, -0.1) is 5.10 Å². The molecule has 3 heterocycles. The molecule has 0 saturated carbocycles. The average molecular weight is 342 g/mol. The summed E-state index contributed by atoms with van der Waals surface area (Å²) in [5, 5.41) is 11.3. The molecule has 0 radical (unpaired) electrons. The van der Waals surface area contributed by atoms with Crippen molar-refractivity contribution in [2.24, 2.45) is 0 Å². The topological polar surface area (TPSA) is 92.7 Å². The second-order valence-electron chi connectivity index (χ2n) is 5.75. The molecule has 0 aliphatic carbocycles. The number of anilines is 3. The lowest BCUT2D eigenvalue weighted by molar-refractivity contribution is -0.118. The third kappa shape index (κ3) is 3.39. The molecule has 0 bridgehead atoms. The van der Waals surface area contributed by atoms with Crippen LogP contribution in [0, 0.1) is 0 Å². The number of nitrogens with one attached hydrogen (secondary N) is 1. The monoisotopic (exact) mass is 342 g/mol. The van der Waals surface area contributed by atoms with Crippen LogP contribution in [0.5, 0.6) is 11.5 Å². The van der Waals surface area contributed by atoms with Crippen molar-refractivity contribution < 1.29 is 14.3 Å². The number of hydrogen-bond donors (Lipinski definition) is 1. The Labute approximate surface area is 144 Å². The van der Waals surface area contributed by atoms with Gasteiger partial charge in [0.25, 0.3) is 0 Å². The molecule has 2 aliphatic rings. The van der Waals surface area contributed by atoms with Gasteiger partial charge in [0, 0.05) is 37.9 Å². The highest BCUT2D eigenvalue weighted by atomic mass is 16.6. The Morgan fingerprint density at radius 2 is 1.88 bits per heavy atom. The molecule has 1 amide bonds. The van der Waals surface area contributed by atoms with Gasteiger partial charge in [0.2, 0.25) is 12.4 Å². The Kier molecular flexibility index (Phi) is 4.19. The van der Waals surface area contributed by atoms with Crippen molar-refractivity contribution in [2.45, 2.75) is 0 Å². The molecule has 1 aromatic carbocycles. The van der Waals surface area contributed by atoms with Crippen LogP contribution >= 0.6 is 0 Å². The van der Waals surface area contributed by atoms with Crippen molar-refractivity contribution in [3.63, 3.8) is 0 Å². The molecule has 0 spiro atoms. The van der Waals surface area contributed by atoms with Crippen molar-refractivity contribution in [3.8, 4) is 11.5 Å². The number of nitrogens with zero attached hydrogens (tertiary/aromatic N) is 5. The molecule has 130 valence electrons. The van der Waals surface area contributed by atoms with E-state index in [1.165, 1.54) is 0 Å². The summed E-state index contributed by atoms with van der Waals surface area (Å²) < 4.78 is 11.1. The number of ether oxygens (including phenoxy) is 2. The molecule has 2 aliphatic heterocycles. The van der Waals surface area contributed by atoms with E-state index >= 15 is 0 Å². The van der Waals surface area contributed by atoms with Gasteiger partial charge in [0.05, 0.1) is 6.20 Å². The van der Waals surface area contributed by atoms with E-state index in [9.17, 15) is 4.79 Å². The van der Waals surface area contributed by atoms with Gasteiger partial charge in [-0.25, -0.2) is 0 Å². The normalized spacial score (nSPS) is 16.5. The van der Waals surface area contributed by atoms with Crippen LogP contribution in [0.2, 0.25) is 0 Å². The van der Waals surface area contributed by atoms with Crippen LogP contribution < -0.4 is 19.7 Å². The summed E-state index contributed by atoms with van der Waals surface area (Å²) in [6.07, 6.45) is 2.44. The fraction of sp³-hybridized carbons (Fsp3) is 0.375. The Balaban J connectivity index is 1.47. The molecule has 1 N–H and O–H groups in total. The first-order valence-electron chi connectivity index (χ1n) is 8.12. The Morgan fingerprint density at radius 1 is 1.08 bits per heavy atom. The van der Waals surface area contributed by atoms with Gasteiger partial charge in [0.1, 0.15) is 13.2 Å². The van der Waals surface area contributed by atoms with Crippen LogP contribution in [0.1, 0.15) is 0 Å². The zero-order chi connectivity index (χ0) is 17.1. The van der Waals surface area contributed by atoms with E-state index in [2.05, 4.69) is 20.5 Å². The minimum atomic E-state index is 0.544. The molecular formula is C16H18N6O3. The van der Waals surface area contributed by atoms with Crippen LogP contribution in [-0.4, -0.2) is 65.9 Å². The SMILES string of the molecule is O=CN1CCN(c2nncc(Nc3ccc4c(c3)OCCO4)n2)CC1. The summed E-state index contributed by atoms with van der Waals surface area (Å²) >= 11 is 0. The Morgan fingerprint density at radius 3 is 2.68 bits per heavy atom. The average Bonchev–Trinajstić information content (AvgIpc) is 2.68. The maximum absolute atomic E-state index is 10.8. The third-order valence-electron chi connectivity index (χ3n) is 4.11. The van der Waals surface area contributed by atoms with E-state index in [0.717, 1.165) is 17.8 Å². The lowest BCUT2D eigenvalue weighted by Crippen LogP contribution is -2.46. The molecule has 1 saturated heterocycles. The number of aromatic nitrogens is 3. The van der Waals surface area contributed by atoms with Gasteiger partial charge in [-0.3, -0.25) is 4.79 Å². The number of fused-ring (bicyclic) bond motifs is 1. The minimum absolute atomic E-state index is 0.544. The van der Waals surface area contributed by atoms with Crippen LogP contribution in [0.4, 0.5) is 17.5 Å². The smallest absolute Gasteiger partial charge is 0.247 e. The predicted molar refractivity (Wildman–Crippen MR) is 90.4 cm³/mol. The standard InChI is InChI=1S/C16H18N6O3/c23-11-21-3-5-22(6-4-21)16-19-15(10-17-20-16)18-12-1-2-13-14(9-12)25-8-7-24-13/h1-2,9-11H,3-8H2,(H,18,19,20). The number of piperazine rings is 1. The first-order chi connectivity index (χ1) is 12.3. The van der Waals surface area contributed by atoms with E-state index in [1.807, 2.05) is 23.1 Å². The molecule has 1 fully saturated rings. The van der Waals surface area contributed by atoms with Crippen LogP contribution in [0.25, 0.3) is 0 Å². The summed E-state index contributed by atoms with van der Waals surface area (Å²) in [5.74, 6) is 2.60. The van der Waals surface area contributed by atoms with Gasteiger partial charge in [-0.2, -0.15) is 10.1 Å². The molecule has 4 rings (SSSR count). The van der Waals surface area contributed by atoms with Crippen LogP contribution in [0.15, 0.2) is 24.4 Å². The molecule has 2 aromatic rings. The maximum atomic E-state index is 10.8. The lowest BCUT2D eigenvalue weighted by Gasteiger charge is -2.32. The molecule has 0 unspecified atom stereocenters. The first-order valence-corrected chi connectivity index (χ1v) is 8.12. The second kappa shape index (κ2) is 6.80. The summed E-state index contributed by atoms with van der Waals surface area (Å²) in [6.45, 7) is 3.81. The second-order valence-corrected chi connectivity index (χ2v) is 5.75. The van der Waals surface area contributed by atoms with Crippen molar-refractivity contribution >= 4 is 23.9 Å². The largest absolute Gasteiger partial charge is 0.486 e. The number of carbonyl (C=O) groups is 1. The molecule has 25 heavy (non-hydrogen) atoms. The highest BCUT2D eigenvalue weighted by molar-refractivity contribution is 5.61. The van der Waals surface area contributed by atoms with Crippen LogP contribution in [-0.2, 0) is 4.79 Å². The van der Waals surface area contributed by atoms with Crippen molar-refractivity contribution in [2.75, 3.05) is 49.6 Å². The Bertz CT molecular complexity index is 763. The third-order valence-corrected chi connectivity index (χ3v) is 4.11. The Hall–Kier alpha value is -3.10. The molecule has 9 heteroatoms. The molecule has 1 aromatic heterocycles. The van der Waals surface area contributed by atoms with Crippen molar-refractivity contribution in [3.05, 3.63) is 24.4 Å². The van der Waals surface area contributed by atoms with Gasteiger partial charge < -0.3 is 24.6 Å². The van der Waals surface area contributed by atoms with Crippen LogP contribution in [0.3, 0.4) is 0 Å². The van der Waals surface area contributed by atoms with Gasteiger partial charge in [-0.05, 0) is 12.1 Å². The van der Waals surface area contributed by atoms with E-state index in [4.69, 9.17) is 9.47 Å². The van der Waals surface area contributed by atoms with Gasteiger partial charge in [0.15, 0.2) is 17.3 Å². The zero-order valence-corrected chi connectivity index (χ0v) is 13.6.